The van der Waals surface area contributed by atoms with Crippen LogP contribution in [0, 0.1) is 0 Å². The van der Waals surface area contributed by atoms with Crippen LogP contribution in [0.3, 0.4) is 0 Å². The SMILES string of the molecule is CN1CCN(c2cc(N(C)c3ccccc3)nc(-c3ccccc3)n2)CC1. The van der Waals surface area contributed by atoms with Crippen LogP contribution in [0.5, 0.6) is 0 Å². The van der Waals surface area contributed by atoms with Crippen molar-refractivity contribution in [2.75, 3.05) is 50.1 Å². The molecule has 0 radical (unpaired) electrons. The number of piperazine rings is 1. The van der Waals surface area contributed by atoms with E-state index in [1.807, 2.05) is 36.4 Å². The molecular weight excluding hydrogens is 334 g/mol. The first-order chi connectivity index (χ1) is 13.2. The summed E-state index contributed by atoms with van der Waals surface area (Å²) >= 11 is 0. The zero-order chi connectivity index (χ0) is 18.6. The topological polar surface area (TPSA) is 35.5 Å². The smallest absolute Gasteiger partial charge is 0.163 e. The first kappa shape index (κ1) is 17.5. The Morgan fingerprint density at radius 3 is 2.11 bits per heavy atom. The highest BCUT2D eigenvalue weighted by atomic mass is 15.3. The normalized spacial score (nSPS) is 15.0. The fourth-order valence-corrected chi connectivity index (χ4v) is 3.29. The van der Waals surface area contributed by atoms with E-state index in [1.165, 1.54) is 0 Å². The third-order valence-corrected chi connectivity index (χ3v) is 5.05. The van der Waals surface area contributed by atoms with Gasteiger partial charge in [-0.2, -0.15) is 0 Å². The van der Waals surface area contributed by atoms with E-state index in [2.05, 4.69) is 59.1 Å². The molecule has 0 saturated carbocycles. The van der Waals surface area contributed by atoms with E-state index >= 15 is 0 Å². The maximum absolute atomic E-state index is 4.90. The lowest BCUT2D eigenvalue weighted by Crippen LogP contribution is -2.44. The fraction of sp³-hybridized carbons (Fsp3) is 0.273. The molecule has 27 heavy (non-hydrogen) atoms. The summed E-state index contributed by atoms with van der Waals surface area (Å²) in [5.41, 5.74) is 2.15. The number of anilines is 3. The minimum absolute atomic E-state index is 0.768. The van der Waals surface area contributed by atoms with Gasteiger partial charge in [-0.05, 0) is 19.2 Å². The Morgan fingerprint density at radius 2 is 1.44 bits per heavy atom. The molecule has 1 aliphatic heterocycles. The van der Waals surface area contributed by atoms with E-state index in [0.717, 1.165) is 54.9 Å². The number of para-hydroxylation sites is 1. The zero-order valence-electron chi connectivity index (χ0n) is 15.9. The van der Waals surface area contributed by atoms with E-state index in [1.54, 1.807) is 0 Å². The lowest BCUT2D eigenvalue weighted by molar-refractivity contribution is 0.312. The Hall–Kier alpha value is -2.92. The van der Waals surface area contributed by atoms with Crippen LogP contribution < -0.4 is 9.80 Å². The molecule has 0 atom stereocenters. The van der Waals surface area contributed by atoms with Crippen LogP contribution >= 0.6 is 0 Å². The standard InChI is InChI=1S/C22H25N5/c1-25-13-15-27(16-14-25)21-17-20(26(2)19-11-7-4-8-12-19)23-22(24-21)18-9-5-3-6-10-18/h3-12,17H,13-16H2,1-2H3. The lowest BCUT2D eigenvalue weighted by atomic mass is 10.2. The number of aromatic nitrogens is 2. The van der Waals surface area contributed by atoms with Gasteiger partial charge >= 0.3 is 0 Å². The van der Waals surface area contributed by atoms with E-state index in [0.29, 0.717) is 0 Å². The average molecular weight is 359 g/mol. The van der Waals surface area contributed by atoms with Gasteiger partial charge in [0.05, 0.1) is 0 Å². The van der Waals surface area contributed by atoms with Crippen LogP contribution in [0.25, 0.3) is 11.4 Å². The van der Waals surface area contributed by atoms with Crippen LogP contribution in [-0.4, -0.2) is 55.1 Å². The van der Waals surface area contributed by atoms with Crippen LogP contribution in [0.2, 0.25) is 0 Å². The number of benzene rings is 2. The fourth-order valence-electron chi connectivity index (χ4n) is 3.29. The molecule has 0 unspecified atom stereocenters. The van der Waals surface area contributed by atoms with Gasteiger partial charge in [-0.15, -0.1) is 0 Å². The molecule has 1 aromatic heterocycles. The molecule has 3 aromatic rings. The van der Waals surface area contributed by atoms with Gasteiger partial charge in [0, 0.05) is 50.5 Å². The molecule has 1 fully saturated rings. The monoisotopic (exact) mass is 359 g/mol. The lowest BCUT2D eigenvalue weighted by Gasteiger charge is -2.33. The molecule has 138 valence electrons. The molecule has 0 spiro atoms. The minimum Gasteiger partial charge on any atom is -0.354 e. The molecule has 2 heterocycles. The van der Waals surface area contributed by atoms with Crippen molar-refractivity contribution in [3.05, 3.63) is 66.7 Å². The van der Waals surface area contributed by atoms with Crippen molar-refractivity contribution in [3.8, 4) is 11.4 Å². The van der Waals surface area contributed by atoms with Gasteiger partial charge < -0.3 is 14.7 Å². The summed E-state index contributed by atoms with van der Waals surface area (Å²) in [6.07, 6.45) is 0. The minimum atomic E-state index is 0.768. The molecule has 2 aromatic carbocycles. The summed E-state index contributed by atoms with van der Waals surface area (Å²) in [7, 11) is 4.22. The number of hydrogen-bond donors (Lipinski definition) is 0. The first-order valence-corrected chi connectivity index (χ1v) is 9.37. The molecule has 4 rings (SSSR count). The Labute approximate surface area is 160 Å². The van der Waals surface area contributed by atoms with E-state index < -0.39 is 0 Å². The van der Waals surface area contributed by atoms with Crippen molar-refractivity contribution in [2.45, 2.75) is 0 Å². The Kier molecular flexibility index (Phi) is 5.03. The maximum Gasteiger partial charge on any atom is 0.163 e. The van der Waals surface area contributed by atoms with E-state index in [-0.39, 0.29) is 0 Å². The van der Waals surface area contributed by atoms with E-state index in [4.69, 9.17) is 9.97 Å². The quantitative estimate of drug-likeness (QED) is 0.710. The van der Waals surface area contributed by atoms with Crippen molar-refractivity contribution in [3.63, 3.8) is 0 Å². The maximum atomic E-state index is 4.90. The van der Waals surface area contributed by atoms with Crippen molar-refractivity contribution < 1.29 is 0 Å². The Bertz CT molecular complexity index is 874. The summed E-state index contributed by atoms with van der Waals surface area (Å²) in [5.74, 6) is 2.67. The molecular formula is C22H25N5. The number of hydrogen-bond acceptors (Lipinski definition) is 5. The van der Waals surface area contributed by atoms with Gasteiger partial charge in [0.15, 0.2) is 5.82 Å². The van der Waals surface area contributed by atoms with Crippen LogP contribution in [0.1, 0.15) is 0 Å². The van der Waals surface area contributed by atoms with E-state index in [9.17, 15) is 0 Å². The number of rotatable bonds is 4. The number of nitrogens with zero attached hydrogens (tertiary/aromatic N) is 5. The van der Waals surface area contributed by atoms with Gasteiger partial charge in [-0.3, -0.25) is 0 Å². The Morgan fingerprint density at radius 1 is 0.815 bits per heavy atom. The highest BCUT2D eigenvalue weighted by molar-refractivity contribution is 5.67. The molecule has 0 N–H and O–H groups in total. The van der Waals surface area contributed by atoms with Crippen LogP contribution in [0.4, 0.5) is 17.3 Å². The van der Waals surface area contributed by atoms with Crippen LogP contribution in [-0.2, 0) is 0 Å². The summed E-state index contributed by atoms with van der Waals surface area (Å²) in [4.78, 5) is 16.6. The van der Waals surface area contributed by atoms with Gasteiger partial charge in [-0.1, -0.05) is 48.5 Å². The summed E-state index contributed by atoms with van der Waals surface area (Å²) < 4.78 is 0. The molecule has 1 aliphatic rings. The highest BCUT2D eigenvalue weighted by Crippen LogP contribution is 2.28. The van der Waals surface area contributed by atoms with Gasteiger partial charge in [-0.25, -0.2) is 9.97 Å². The summed E-state index contributed by atoms with van der Waals surface area (Å²) in [6, 6.07) is 22.6. The van der Waals surface area contributed by atoms with Gasteiger partial charge in [0.2, 0.25) is 0 Å². The highest BCUT2D eigenvalue weighted by Gasteiger charge is 2.19. The van der Waals surface area contributed by atoms with Crippen molar-refractivity contribution in [1.29, 1.82) is 0 Å². The van der Waals surface area contributed by atoms with Crippen LogP contribution in [0.15, 0.2) is 66.7 Å². The van der Waals surface area contributed by atoms with Crippen molar-refractivity contribution in [1.82, 2.24) is 14.9 Å². The average Bonchev–Trinajstić information content (AvgIpc) is 2.74. The predicted molar refractivity (Wildman–Crippen MR) is 112 cm³/mol. The number of likely N-dealkylation sites (N-methyl/N-ethyl adjacent to an activating group) is 1. The van der Waals surface area contributed by atoms with Crippen molar-refractivity contribution in [2.24, 2.45) is 0 Å². The third-order valence-electron chi connectivity index (χ3n) is 5.05. The second-order valence-electron chi connectivity index (χ2n) is 6.96. The predicted octanol–water partition coefficient (Wildman–Crippen LogP) is 3.66. The van der Waals surface area contributed by atoms with Crippen molar-refractivity contribution >= 4 is 17.3 Å². The first-order valence-electron chi connectivity index (χ1n) is 9.37. The summed E-state index contributed by atoms with van der Waals surface area (Å²) in [5, 5.41) is 0. The Balaban J connectivity index is 1.75. The molecule has 0 aliphatic carbocycles. The van der Waals surface area contributed by atoms with Gasteiger partial charge in [0.25, 0.3) is 0 Å². The molecule has 5 heteroatoms. The largest absolute Gasteiger partial charge is 0.354 e. The third kappa shape index (κ3) is 3.93. The molecule has 5 nitrogen and oxygen atoms in total. The summed E-state index contributed by atoms with van der Waals surface area (Å²) in [6.45, 7) is 4.07. The second-order valence-corrected chi connectivity index (χ2v) is 6.96. The second kappa shape index (κ2) is 7.76. The van der Waals surface area contributed by atoms with Gasteiger partial charge in [0.1, 0.15) is 11.6 Å². The molecule has 0 bridgehead atoms. The molecule has 1 saturated heterocycles. The molecule has 0 amide bonds. The zero-order valence-corrected chi connectivity index (χ0v) is 15.9.